The Kier molecular flexibility index (Phi) is 2.60. The fraction of sp³-hybridized carbons (Fsp3) is 0.214. The van der Waals surface area contributed by atoms with Crippen molar-refractivity contribution in [3.8, 4) is 0 Å². The zero-order valence-corrected chi connectivity index (χ0v) is 11.2. The highest BCUT2D eigenvalue weighted by Crippen LogP contribution is 2.39. The van der Waals surface area contributed by atoms with Crippen molar-refractivity contribution in [3.63, 3.8) is 0 Å². The monoisotopic (exact) mass is 275 g/mol. The standard InChI is InChI=1S/C14H13NO3S/c1-10(16)15-11-6-2-4-8-13(11)19(17,18)14-9-5-3-7-12(14)15/h2-9,11,13H,1H3/t11-,13-/m1/s1. The molecule has 5 heteroatoms. The Morgan fingerprint density at radius 3 is 2.58 bits per heavy atom. The molecule has 19 heavy (non-hydrogen) atoms. The number of fused-ring (bicyclic) bond motifs is 2. The van der Waals surface area contributed by atoms with Gasteiger partial charge in [-0.1, -0.05) is 36.4 Å². The average molecular weight is 275 g/mol. The molecule has 0 N–H and O–H groups in total. The van der Waals surface area contributed by atoms with E-state index >= 15 is 0 Å². The fourth-order valence-electron chi connectivity index (χ4n) is 2.68. The summed E-state index contributed by atoms with van der Waals surface area (Å²) >= 11 is 0. The van der Waals surface area contributed by atoms with Crippen molar-refractivity contribution < 1.29 is 13.2 Å². The minimum absolute atomic E-state index is 0.155. The second-order valence-electron chi connectivity index (χ2n) is 4.63. The average Bonchev–Trinajstić information content (AvgIpc) is 2.39. The van der Waals surface area contributed by atoms with Crippen LogP contribution in [0.1, 0.15) is 6.92 Å². The van der Waals surface area contributed by atoms with E-state index < -0.39 is 21.1 Å². The number of carbonyl (C=O) groups is 1. The number of carbonyl (C=O) groups excluding carboxylic acids is 1. The lowest BCUT2D eigenvalue weighted by Crippen LogP contribution is -2.52. The maximum Gasteiger partial charge on any atom is 0.224 e. The molecule has 4 nitrogen and oxygen atoms in total. The van der Waals surface area contributed by atoms with E-state index in [1.54, 1.807) is 53.5 Å². The predicted octanol–water partition coefficient (Wildman–Crippen LogP) is 1.69. The molecule has 1 aromatic rings. The van der Waals surface area contributed by atoms with Gasteiger partial charge in [0.1, 0.15) is 5.25 Å². The quantitative estimate of drug-likeness (QED) is 0.724. The normalized spacial score (nSPS) is 26.7. The molecule has 0 saturated carbocycles. The number of benzene rings is 1. The molecular formula is C14H13NO3S. The Bertz CT molecular complexity index is 703. The van der Waals surface area contributed by atoms with Crippen LogP contribution in [0.2, 0.25) is 0 Å². The number of hydrogen-bond acceptors (Lipinski definition) is 3. The Balaban J connectivity index is 2.31. The summed E-state index contributed by atoms with van der Waals surface area (Å²) in [7, 11) is -3.44. The van der Waals surface area contributed by atoms with Crippen molar-refractivity contribution in [1.29, 1.82) is 0 Å². The van der Waals surface area contributed by atoms with Crippen LogP contribution < -0.4 is 4.90 Å². The summed E-state index contributed by atoms with van der Waals surface area (Å²) in [6.07, 6.45) is 6.90. The topological polar surface area (TPSA) is 54.5 Å². The molecule has 1 aliphatic heterocycles. The molecule has 0 bridgehead atoms. The third-order valence-corrected chi connectivity index (χ3v) is 5.59. The first-order valence-corrected chi connectivity index (χ1v) is 7.56. The second-order valence-corrected chi connectivity index (χ2v) is 6.70. The van der Waals surface area contributed by atoms with Gasteiger partial charge >= 0.3 is 0 Å². The van der Waals surface area contributed by atoms with Crippen LogP contribution in [0, 0.1) is 0 Å². The SMILES string of the molecule is CC(=O)N1c2ccccc2S(=O)(=O)[C@@H]2C=CC=C[C@H]21. The number of anilines is 1. The minimum Gasteiger partial charge on any atom is -0.303 e. The third kappa shape index (κ3) is 1.65. The van der Waals surface area contributed by atoms with Gasteiger partial charge in [0.05, 0.1) is 16.6 Å². The van der Waals surface area contributed by atoms with Crippen LogP contribution in [0.4, 0.5) is 5.69 Å². The van der Waals surface area contributed by atoms with E-state index in [0.717, 1.165) is 0 Å². The number of allylic oxidation sites excluding steroid dienone is 2. The van der Waals surface area contributed by atoms with E-state index in [2.05, 4.69) is 0 Å². The molecule has 2 aliphatic rings. The number of sulfone groups is 1. The molecule has 98 valence electrons. The molecule has 3 rings (SSSR count). The zero-order chi connectivity index (χ0) is 13.6. The van der Waals surface area contributed by atoms with E-state index in [1.165, 1.54) is 6.92 Å². The molecule has 0 saturated heterocycles. The maximum atomic E-state index is 12.6. The first-order valence-electron chi connectivity index (χ1n) is 6.01. The Labute approximate surface area is 112 Å². The second kappa shape index (κ2) is 4.06. The Morgan fingerprint density at radius 1 is 1.16 bits per heavy atom. The summed E-state index contributed by atoms with van der Waals surface area (Å²) in [5, 5.41) is -0.698. The van der Waals surface area contributed by atoms with Crippen molar-refractivity contribution in [2.24, 2.45) is 0 Å². The molecule has 0 fully saturated rings. The van der Waals surface area contributed by atoms with Gasteiger partial charge in [-0.15, -0.1) is 0 Å². The van der Waals surface area contributed by atoms with Crippen LogP contribution in [0.5, 0.6) is 0 Å². The molecule has 1 amide bonds. The van der Waals surface area contributed by atoms with Crippen molar-refractivity contribution in [1.82, 2.24) is 0 Å². The first kappa shape index (κ1) is 12.2. The van der Waals surface area contributed by atoms with Crippen LogP contribution in [0.25, 0.3) is 0 Å². The predicted molar refractivity (Wildman–Crippen MR) is 72.6 cm³/mol. The van der Waals surface area contributed by atoms with Gasteiger partial charge in [-0.25, -0.2) is 8.42 Å². The molecule has 1 aliphatic carbocycles. The fourth-order valence-corrected chi connectivity index (χ4v) is 4.58. The lowest BCUT2D eigenvalue weighted by molar-refractivity contribution is -0.116. The molecule has 0 radical (unpaired) electrons. The highest BCUT2D eigenvalue weighted by atomic mass is 32.2. The van der Waals surface area contributed by atoms with E-state index in [9.17, 15) is 13.2 Å². The molecular weight excluding hydrogens is 262 g/mol. The summed E-state index contributed by atoms with van der Waals surface area (Å²) < 4.78 is 25.2. The largest absolute Gasteiger partial charge is 0.303 e. The van der Waals surface area contributed by atoms with Crippen LogP contribution in [0.15, 0.2) is 53.5 Å². The Morgan fingerprint density at radius 2 is 1.84 bits per heavy atom. The van der Waals surface area contributed by atoms with Gasteiger partial charge in [-0.3, -0.25) is 4.79 Å². The molecule has 1 aromatic carbocycles. The lowest BCUT2D eigenvalue weighted by Gasteiger charge is -2.39. The summed E-state index contributed by atoms with van der Waals surface area (Å²) in [5.41, 5.74) is 0.469. The number of rotatable bonds is 0. The number of nitrogens with zero attached hydrogens (tertiary/aromatic N) is 1. The van der Waals surface area contributed by atoms with Gasteiger partial charge in [0, 0.05) is 6.92 Å². The third-order valence-electron chi connectivity index (χ3n) is 3.48. The minimum atomic E-state index is -3.44. The van der Waals surface area contributed by atoms with Crippen LogP contribution >= 0.6 is 0 Å². The van der Waals surface area contributed by atoms with Crippen LogP contribution in [-0.4, -0.2) is 25.6 Å². The number of amides is 1. The molecule has 1 heterocycles. The number of para-hydroxylation sites is 1. The lowest BCUT2D eigenvalue weighted by atomic mass is 10.0. The Hall–Kier alpha value is -1.88. The van der Waals surface area contributed by atoms with Gasteiger partial charge in [0.25, 0.3) is 0 Å². The smallest absolute Gasteiger partial charge is 0.224 e. The van der Waals surface area contributed by atoms with Crippen molar-refractivity contribution in [2.75, 3.05) is 4.90 Å². The van der Waals surface area contributed by atoms with Gasteiger partial charge in [-0.05, 0) is 12.1 Å². The van der Waals surface area contributed by atoms with Crippen LogP contribution in [-0.2, 0) is 14.6 Å². The molecule has 0 aromatic heterocycles. The summed E-state index contributed by atoms with van der Waals surface area (Å²) in [4.78, 5) is 13.7. The number of hydrogen-bond donors (Lipinski definition) is 0. The first-order chi connectivity index (χ1) is 9.03. The van der Waals surface area contributed by atoms with Crippen molar-refractivity contribution >= 4 is 21.4 Å². The van der Waals surface area contributed by atoms with Crippen LogP contribution in [0.3, 0.4) is 0 Å². The highest BCUT2D eigenvalue weighted by molar-refractivity contribution is 7.92. The van der Waals surface area contributed by atoms with E-state index in [1.807, 2.05) is 0 Å². The van der Waals surface area contributed by atoms with E-state index in [0.29, 0.717) is 5.69 Å². The van der Waals surface area contributed by atoms with Gasteiger partial charge < -0.3 is 4.90 Å². The molecule has 0 spiro atoms. The van der Waals surface area contributed by atoms with Crippen molar-refractivity contribution in [2.45, 2.75) is 23.1 Å². The summed E-state index contributed by atoms with van der Waals surface area (Å²) in [6.45, 7) is 1.46. The summed E-state index contributed by atoms with van der Waals surface area (Å²) in [5.74, 6) is -0.155. The zero-order valence-electron chi connectivity index (χ0n) is 10.4. The maximum absolute atomic E-state index is 12.6. The van der Waals surface area contributed by atoms with Gasteiger partial charge in [0.2, 0.25) is 5.91 Å². The highest BCUT2D eigenvalue weighted by Gasteiger charge is 2.44. The molecule has 2 atom stereocenters. The van der Waals surface area contributed by atoms with Crippen molar-refractivity contribution in [3.05, 3.63) is 48.6 Å². The van der Waals surface area contributed by atoms with E-state index in [4.69, 9.17) is 0 Å². The van der Waals surface area contributed by atoms with Gasteiger partial charge in [-0.2, -0.15) is 0 Å². The molecule has 0 unspecified atom stereocenters. The van der Waals surface area contributed by atoms with E-state index in [-0.39, 0.29) is 10.8 Å². The summed E-state index contributed by atoms with van der Waals surface area (Å²) in [6, 6.07) is 6.20. The van der Waals surface area contributed by atoms with Gasteiger partial charge in [0.15, 0.2) is 9.84 Å².